The summed E-state index contributed by atoms with van der Waals surface area (Å²) in [4.78, 5) is 12.9. The summed E-state index contributed by atoms with van der Waals surface area (Å²) in [5.41, 5.74) is 2.22. The van der Waals surface area contributed by atoms with Gasteiger partial charge in [0.1, 0.15) is 0 Å². The number of H-pyrrole nitrogens is 1. The van der Waals surface area contributed by atoms with Crippen LogP contribution in [0.5, 0.6) is 0 Å². The highest BCUT2D eigenvalue weighted by atomic mass is 16.2. The number of rotatable bonds is 1. The van der Waals surface area contributed by atoms with Gasteiger partial charge in [-0.2, -0.15) is 5.10 Å². The fraction of sp³-hybridized carbons (Fsp3) is 0.333. The van der Waals surface area contributed by atoms with Crippen molar-refractivity contribution in [1.82, 2.24) is 15.1 Å². The molecule has 0 unspecified atom stereocenters. The third-order valence-electron chi connectivity index (χ3n) is 2.69. The summed E-state index contributed by atoms with van der Waals surface area (Å²) in [7, 11) is 0. The average molecular weight is 175 g/mol. The number of aromatic amines is 1. The van der Waals surface area contributed by atoms with Gasteiger partial charge in [0.2, 0.25) is 5.91 Å². The van der Waals surface area contributed by atoms with E-state index >= 15 is 0 Å². The van der Waals surface area contributed by atoms with Gasteiger partial charge < -0.3 is 4.90 Å². The minimum atomic E-state index is 0.236. The molecular weight excluding hydrogens is 166 g/mol. The van der Waals surface area contributed by atoms with Crippen LogP contribution >= 0.6 is 0 Å². The van der Waals surface area contributed by atoms with E-state index in [-0.39, 0.29) is 5.91 Å². The molecule has 3 rings (SSSR count). The van der Waals surface area contributed by atoms with Crippen molar-refractivity contribution >= 4 is 11.5 Å². The lowest BCUT2D eigenvalue weighted by Gasteiger charge is -2.32. The second-order valence-corrected chi connectivity index (χ2v) is 3.49. The molecule has 1 atom stereocenters. The SMILES string of the molecule is O=C1C[C@H]2CC(c3ccn[nH]3)=CN12. The van der Waals surface area contributed by atoms with E-state index < -0.39 is 0 Å². The number of fused-ring (bicyclic) bond motifs is 1. The van der Waals surface area contributed by atoms with Crippen molar-refractivity contribution in [3.8, 4) is 0 Å². The van der Waals surface area contributed by atoms with Crippen LogP contribution in [0.1, 0.15) is 18.5 Å². The molecule has 13 heavy (non-hydrogen) atoms. The van der Waals surface area contributed by atoms with Crippen LogP contribution in [0.3, 0.4) is 0 Å². The third-order valence-corrected chi connectivity index (χ3v) is 2.69. The van der Waals surface area contributed by atoms with Crippen molar-refractivity contribution < 1.29 is 4.79 Å². The predicted octanol–water partition coefficient (Wildman–Crippen LogP) is 0.755. The number of amides is 1. The van der Waals surface area contributed by atoms with Crippen LogP contribution in [-0.4, -0.2) is 27.0 Å². The molecule has 0 spiro atoms. The standard InChI is InChI=1S/C9H9N3O/c13-9-4-7-3-6(5-12(7)9)8-1-2-10-11-8/h1-2,5,7H,3-4H2,(H,10,11)/t7-/m1/s1. The van der Waals surface area contributed by atoms with Crippen molar-refractivity contribution in [3.05, 3.63) is 24.2 Å². The molecule has 0 radical (unpaired) electrons. The maximum atomic E-state index is 11.1. The largest absolute Gasteiger partial charge is 0.315 e. The van der Waals surface area contributed by atoms with Crippen molar-refractivity contribution in [2.75, 3.05) is 0 Å². The van der Waals surface area contributed by atoms with Crippen LogP contribution in [0.2, 0.25) is 0 Å². The van der Waals surface area contributed by atoms with Crippen molar-refractivity contribution in [2.24, 2.45) is 0 Å². The zero-order valence-electron chi connectivity index (χ0n) is 7.03. The van der Waals surface area contributed by atoms with Gasteiger partial charge in [-0.1, -0.05) is 0 Å². The fourth-order valence-electron chi connectivity index (χ4n) is 1.93. The number of nitrogens with one attached hydrogen (secondary N) is 1. The number of carbonyl (C=O) groups excluding carboxylic acids is 1. The summed E-state index contributed by atoms with van der Waals surface area (Å²) < 4.78 is 0. The number of aromatic nitrogens is 2. The van der Waals surface area contributed by atoms with Gasteiger partial charge in [-0.05, 0) is 18.1 Å². The number of β-lactam (4-membered cyclic amide) rings is 1. The second kappa shape index (κ2) is 2.22. The smallest absolute Gasteiger partial charge is 0.228 e. The maximum absolute atomic E-state index is 11.1. The molecule has 2 aliphatic heterocycles. The first-order valence-electron chi connectivity index (χ1n) is 4.36. The molecule has 1 aromatic rings. The maximum Gasteiger partial charge on any atom is 0.228 e. The molecule has 2 aliphatic rings. The minimum absolute atomic E-state index is 0.236. The number of hydrogen-bond acceptors (Lipinski definition) is 2. The molecule has 1 fully saturated rings. The topological polar surface area (TPSA) is 49.0 Å². The molecule has 1 amide bonds. The molecule has 66 valence electrons. The number of carbonyl (C=O) groups is 1. The Kier molecular flexibility index (Phi) is 1.17. The monoisotopic (exact) mass is 175 g/mol. The molecule has 1 N–H and O–H groups in total. The molecule has 4 nitrogen and oxygen atoms in total. The van der Waals surface area contributed by atoms with E-state index in [9.17, 15) is 4.79 Å². The first-order valence-corrected chi connectivity index (χ1v) is 4.36. The van der Waals surface area contributed by atoms with Gasteiger partial charge in [0.25, 0.3) is 0 Å². The van der Waals surface area contributed by atoms with Gasteiger partial charge in [0, 0.05) is 24.9 Å². The summed E-state index contributed by atoms with van der Waals surface area (Å²) in [6.07, 6.45) is 5.33. The van der Waals surface area contributed by atoms with Gasteiger partial charge in [0.05, 0.1) is 5.69 Å². The summed E-state index contributed by atoms with van der Waals surface area (Å²) in [6.45, 7) is 0. The Morgan fingerprint density at radius 2 is 2.46 bits per heavy atom. The lowest BCUT2D eigenvalue weighted by Crippen LogP contribution is -2.45. The first kappa shape index (κ1) is 6.88. The zero-order chi connectivity index (χ0) is 8.84. The van der Waals surface area contributed by atoms with E-state index in [1.165, 1.54) is 5.57 Å². The Bertz CT molecular complexity index is 380. The van der Waals surface area contributed by atoms with E-state index in [1.807, 2.05) is 17.2 Å². The predicted molar refractivity (Wildman–Crippen MR) is 46.4 cm³/mol. The molecule has 0 aliphatic carbocycles. The van der Waals surface area contributed by atoms with E-state index in [0.29, 0.717) is 12.5 Å². The summed E-state index contributed by atoms with van der Waals surface area (Å²) >= 11 is 0. The lowest BCUT2D eigenvalue weighted by molar-refractivity contribution is -0.140. The van der Waals surface area contributed by atoms with Crippen molar-refractivity contribution in [2.45, 2.75) is 18.9 Å². The van der Waals surface area contributed by atoms with E-state index in [4.69, 9.17) is 0 Å². The van der Waals surface area contributed by atoms with Gasteiger partial charge in [0.15, 0.2) is 0 Å². The third kappa shape index (κ3) is 0.854. The highest BCUT2D eigenvalue weighted by molar-refractivity contribution is 5.88. The Morgan fingerprint density at radius 3 is 3.08 bits per heavy atom. The molecule has 0 saturated carbocycles. The highest BCUT2D eigenvalue weighted by Crippen LogP contribution is 2.36. The zero-order valence-corrected chi connectivity index (χ0v) is 7.03. The molecule has 1 saturated heterocycles. The fourth-order valence-corrected chi connectivity index (χ4v) is 1.93. The lowest BCUT2D eigenvalue weighted by atomic mass is 10.00. The van der Waals surface area contributed by atoms with Crippen LogP contribution in [0, 0.1) is 0 Å². The number of nitrogens with zero attached hydrogens (tertiary/aromatic N) is 2. The Hall–Kier alpha value is -1.58. The van der Waals surface area contributed by atoms with Crippen LogP contribution in [0.15, 0.2) is 18.5 Å². The van der Waals surface area contributed by atoms with Crippen LogP contribution in [0.4, 0.5) is 0 Å². The van der Waals surface area contributed by atoms with E-state index in [1.54, 1.807) is 6.20 Å². The average Bonchev–Trinajstić information content (AvgIpc) is 2.69. The summed E-state index contributed by atoms with van der Waals surface area (Å²) in [5.74, 6) is 0.236. The van der Waals surface area contributed by atoms with Gasteiger partial charge in [-0.15, -0.1) is 0 Å². The van der Waals surface area contributed by atoms with Crippen LogP contribution in [-0.2, 0) is 4.79 Å². The van der Waals surface area contributed by atoms with Crippen LogP contribution in [0.25, 0.3) is 5.57 Å². The van der Waals surface area contributed by atoms with E-state index in [2.05, 4.69) is 10.2 Å². The van der Waals surface area contributed by atoms with Gasteiger partial charge in [-0.25, -0.2) is 0 Å². The molecule has 4 heteroatoms. The van der Waals surface area contributed by atoms with E-state index in [0.717, 1.165) is 12.1 Å². The van der Waals surface area contributed by atoms with Crippen molar-refractivity contribution in [3.63, 3.8) is 0 Å². The number of hydrogen-bond donors (Lipinski definition) is 1. The van der Waals surface area contributed by atoms with Crippen molar-refractivity contribution in [1.29, 1.82) is 0 Å². The second-order valence-electron chi connectivity index (χ2n) is 3.49. The van der Waals surface area contributed by atoms with Gasteiger partial charge >= 0.3 is 0 Å². The first-order chi connectivity index (χ1) is 6.34. The molecule has 3 heterocycles. The minimum Gasteiger partial charge on any atom is -0.315 e. The molecule has 0 aromatic carbocycles. The molecule has 1 aromatic heterocycles. The highest BCUT2D eigenvalue weighted by Gasteiger charge is 2.39. The molecular formula is C9H9N3O. The Labute approximate surface area is 75.2 Å². The normalized spacial score (nSPS) is 25.5. The quantitative estimate of drug-likeness (QED) is 0.640. The Balaban J connectivity index is 1.92. The summed E-state index contributed by atoms with van der Waals surface area (Å²) in [5, 5.41) is 6.79. The van der Waals surface area contributed by atoms with Gasteiger partial charge in [-0.3, -0.25) is 9.89 Å². The van der Waals surface area contributed by atoms with Crippen LogP contribution < -0.4 is 0 Å². The Morgan fingerprint density at radius 1 is 1.54 bits per heavy atom. The summed E-state index contributed by atoms with van der Waals surface area (Å²) in [6, 6.07) is 2.35. The molecule has 0 bridgehead atoms.